The van der Waals surface area contributed by atoms with Crippen molar-refractivity contribution in [2.75, 3.05) is 20.1 Å². The molecule has 25 heavy (non-hydrogen) atoms. The monoisotopic (exact) mass is 339 g/mol. The highest BCUT2D eigenvalue weighted by molar-refractivity contribution is 5.79. The van der Waals surface area contributed by atoms with Crippen molar-refractivity contribution in [2.45, 2.75) is 25.6 Å². The fourth-order valence-corrected chi connectivity index (χ4v) is 2.81. The molecular weight excluding hydrogens is 314 g/mol. The number of aliphatic imine (C=N–C) groups is 1. The zero-order chi connectivity index (χ0) is 17.5. The molecule has 1 aliphatic heterocycles. The maximum atomic E-state index is 5.94. The van der Waals surface area contributed by atoms with Crippen LogP contribution in [0.15, 0.2) is 59.6 Å². The van der Waals surface area contributed by atoms with E-state index in [-0.39, 0.29) is 12.2 Å². The summed E-state index contributed by atoms with van der Waals surface area (Å²) in [6.45, 7) is 3.41. The Morgan fingerprint density at radius 2 is 1.92 bits per heavy atom. The largest absolute Gasteiger partial charge is 0.489 e. The number of ether oxygens (including phenoxy) is 2. The van der Waals surface area contributed by atoms with Gasteiger partial charge in [-0.05, 0) is 30.7 Å². The fourth-order valence-electron chi connectivity index (χ4n) is 2.81. The first-order chi connectivity index (χ1) is 12.2. The van der Waals surface area contributed by atoms with Gasteiger partial charge in [0.15, 0.2) is 5.96 Å². The second kappa shape index (κ2) is 8.42. The number of hydrogen-bond donors (Lipinski definition) is 2. The summed E-state index contributed by atoms with van der Waals surface area (Å²) in [4.78, 5) is 4.26. The lowest BCUT2D eigenvalue weighted by atomic mass is 10.1. The van der Waals surface area contributed by atoms with Crippen molar-refractivity contribution in [3.05, 3.63) is 60.2 Å². The minimum atomic E-state index is 0.0351. The van der Waals surface area contributed by atoms with Crippen LogP contribution in [-0.4, -0.2) is 38.3 Å². The van der Waals surface area contributed by atoms with Crippen LogP contribution in [0.2, 0.25) is 0 Å². The lowest BCUT2D eigenvalue weighted by Gasteiger charge is -2.19. The Hall–Kier alpha value is -2.69. The summed E-state index contributed by atoms with van der Waals surface area (Å²) < 4.78 is 11.8. The van der Waals surface area contributed by atoms with E-state index in [1.54, 1.807) is 7.05 Å². The smallest absolute Gasteiger partial charge is 0.191 e. The van der Waals surface area contributed by atoms with E-state index >= 15 is 0 Å². The van der Waals surface area contributed by atoms with E-state index in [2.05, 4.69) is 21.7 Å². The van der Waals surface area contributed by atoms with E-state index in [0.717, 1.165) is 23.9 Å². The summed E-state index contributed by atoms with van der Waals surface area (Å²) in [7, 11) is 1.77. The standard InChI is InChI=1S/C20H25N3O2/c1-15(24-17-9-4-3-5-10-17)13-22-20(21-2)23-14-18-12-16-8-6-7-11-19(16)25-18/h3-11,15,18H,12-14H2,1-2H3,(H2,21,22,23). The molecule has 0 spiro atoms. The first-order valence-corrected chi connectivity index (χ1v) is 8.65. The maximum Gasteiger partial charge on any atom is 0.191 e. The first-order valence-electron chi connectivity index (χ1n) is 8.65. The SMILES string of the molecule is CN=C(NCC(C)Oc1ccccc1)NCC1Cc2ccccc2O1. The van der Waals surface area contributed by atoms with Crippen molar-refractivity contribution in [3.8, 4) is 11.5 Å². The van der Waals surface area contributed by atoms with Gasteiger partial charge in [-0.25, -0.2) is 0 Å². The molecule has 1 heterocycles. The van der Waals surface area contributed by atoms with Gasteiger partial charge in [-0.1, -0.05) is 36.4 Å². The number of benzene rings is 2. The molecule has 0 bridgehead atoms. The van der Waals surface area contributed by atoms with Crippen LogP contribution < -0.4 is 20.1 Å². The minimum absolute atomic E-state index is 0.0351. The third-order valence-electron chi connectivity index (χ3n) is 4.07. The van der Waals surface area contributed by atoms with Gasteiger partial charge in [-0.15, -0.1) is 0 Å². The van der Waals surface area contributed by atoms with Crippen LogP contribution in [0, 0.1) is 0 Å². The van der Waals surface area contributed by atoms with E-state index in [9.17, 15) is 0 Å². The lowest BCUT2D eigenvalue weighted by Crippen LogP contribution is -2.45. The minimum Gasteiger partial charge on any atom is -0.489 e. The van der Waals surface area contributed by atoms with Crippen LogP contribution in [0.3, 0.4) is 0 Å². The zero-order valence-corrected chi connectivity index (χ0v) is 14.7. The van der Waals surface area contributed by atoms with Crippen LogP contribution in [0.1, 0.15) is 12.5 Å². The first kappa shape index (κ1) is 17.1. The van der Waals surface area contributed by atoms with Crippen molar-refractivity contribution in [2.24, 2.45) is 4.99 Å². The maximum absolute atomic E-state index is 5.94. The molecule has 5 heteroatoms. The Morgan fingerprint density at radius 3 is 2.68 bits per heavy atom. The summed E-state index contributed by atoms with van der Waals surface area (Å²) in [6, 6.07) is 18.0. The summed E-state index contributed by atoms with van der Waals surface area (Å²) in [6.07, 6.45) is 1.09. The quantitative estimate of drug-likeness (QED) is 0.627. The van der Waals surface area contributed by atoms with Crippen LogP contribution in [-0.2, 0) is 6.42 Å². The average molecular weight is 339 g/mol. The number of rotatable bonds is 6. The summed E-state index contributed by atoms with van der Waals surface area (Å²) in [5.41, 5.74) is 1.27. The van der Waals surface area contributed by atoms with Gasteiger partial charge in [0, 0.05) is 13.5 Å². The number of nitrogens with zero attached hydrogens (tertiary/aromatic N) is 1. The highest BCUT2D eigenvalue weighted by Gasteiger charge is 2.22. The molecule has 5 nitrogen and oxygen atoms in total. The van der Waals surface area contributed by atoms with Gasteiger partial charge in [0.1, 0.15) is 23.7 Å². The topological polar surface area (TPSA) is 54.9 Å². The van der Waals surface area contributed by atoms with Gasteiger partial charge in [0.2, 0.25) is 0 Å². The van der Waals surface area contributed by atoms with E-state index in [1.807, 2.05) is 55.5 Å². The molecule has 0 amide bonds. The van der Waals surface area contributed by atoms with Gasteiger partial charge in [0.25, 0.3) is 0 Å². The number of para-hydroxylation sites is 2. The van der Waals surface area contributed by atoms with E-state index in [1.165, 1.54) is 5.56 Å². The lowest BCUT2D eigenvalue weighted by molar-refractivity contribution is 0.222. The highest BCUT2D eigenvalue weighted by atomic mass is 16.5. The normalized spacial score (nSPS) is 17.4. The molecule has 2 unspecified atom stereocenters. The molecule has 0 radical (unpaired) electrons. The molecule has 2 aromatic carbocycles. The van der Waals surface area contributed by atoms with Crippen molar-refractivity contribution >= 4 is 5.96 Å². The average Bonchev–Trinajstić information content (AvgIpc) is 3.05. The van der Waals surface area contributed by atoms with Gasteiger partial charge >= 0.3 is 0 Å². The summed E-state index contributed by atoms with van der Waals surface area (Å²) in [5, 5.41) is 6.62. The van der Waals surface area contributed by atoms with Crippen LogP contribution in [0.5, 0.6) is 11.5 Å². The second-order valence-corrected chi connectivity index (χ2v) is 6.13. The Kier molecular flexibility index (Phi) is 5.77. The van der Waals surface area contributed by atoms with Gasteiger partial charge in [-0.2, -0.15) is 0 Å². The van der Waals surface area contributed by atoms with Crippen molar-refractivity contribution in [1.82, 2.24) is 10.6 Å². The van der Waals surface area contributed by atoms with Crippen molar-refractivity contribution in [1.29, 1.82) is 0 Å². The third kappa shape index (κ3) is 4.89. The third-order valence-corrected chi connectivity index (χ3v) is 4.07. The number of nitrogens with one attached hydrogen (secondary N) is 2. The summed E-state index contributed by atoms with van der Waals surface area (Å²) in [5.74, 6) is 2.61. The number of hydrogen-bond acceptors (Lipinski definition) is 3. The molecule has 0 aliphatic carbocycles. The molecule has 2 N–H and O–H groups in total. The molecular formula is C20H25N3O2. The van der Waals surface area contributed by atoms with Crippen LogP contribution >= 0.6 is 0 Å². The van der Waals surface area contributed by atoms with Crippen LogP contribution in [0.4, 0.5) is 0 Å². The van der Waals surface area contributed by atoms with Gasteiger partial charge < -0.3 is 20.1 Å². The zero-order valence-electron chi connectivity index (χ0n) is 14.7. The molecule has 0 saturated carbocycles. The van der Waals surface area contributed by atoms with Crippen LogP contribution in [0.25, 0.3) is 0 Å². The van der Waals surface area contributed by atoms with Crippen molar-refractivity contribution < 1.29 is 9.47 Å². The Balaban J connectivity index is 1.40. The molecule has 0 aromatic heterocycles. The van der Waals surface area contributed by atoms with E-state index in [4.69, 9.17) is 9.47 Å². The van der Waals surface area contributed by atoms with E-state index < -0.39 is 0 Å². The van der Waals surface area contributed by atoms with Gasteiger partial charge in [0.05, 0.1) is 13.1 Å². The molecule has 0 fully saturated rings. The number of fused-ring (bicyclic) bond motifs is 1. The Labute approximate surface area is 149 Å². The molecule has 2 aromatic rings. The Morgan fingerprint density at radius 1 is 1.16 bits per heavy atom. The van der Waals surface area contributed by atoms with Crippen molar-refractivity contribution in [3.63, 3.8) is 0 Å². The number of guanidine groups is 1. The Bertz CT molecular complexity index is 678. The molecule has 1 aliphatic rings. The molecule has 3 rings (SSSR count). The highest BCUT2D eigenvalue weighted by Crippen LogP contribution is 2.27. The molecule has 0 saturated heterocycles. The predicted octanol–water partition coefficient (Wildman–Crippen LogP) is 2.62. The molecule has 132 valence electrons. The molecule has 2 atom stereocenters. The van der Waals surface area contributed by atoms with E-state index in [0.29, 0.717) is 13.1 Å². The summed E-state index contributed by atoms with van der Waals surface area (Å²) >= 11 is 0. The second-order valence-electron chi connectivity index (χ2n) is 6.13. The van der Waals surface area contributed by atoms with Gasteiger partial charge in [-0.3, -0.25) is 4.99 Å². The predicted molar refractivity (Wildman–Crippen MR) is 100 cm³/mol. The fraction of sp³-hybridized carbons (Fsp3) is 0.350.